The number of anilines is 1. The van der Waals surface area contributed by atoms with Crippen molar-refractivity contribution in [1.82, 2.24) is 4.90 Å². The lowest BCUT2D eigenvalue weighted by Gasteiger charge is -2.24. The van der Waals surface area contributed by atoms with Crippen LogP contribution in [0.2, 0.25) is 10.0 Å². The van der Waals surface area contributed by atoms with Crippen LogP contribution in [0.3, 0.4) is 0 Å². The predicted octanol–water partition coefficient (Wildman–Crippen LogP) is 2.59. The van der Waals surface area contributed by atoms with Crippen molar-refractivity contribution >= 4 is 40.8 Å². The first-order valence-corrected chi connectivity index (χ1v) is 6.08. The summed E-state index contributed by atoms with van der Waals surface area (Å²) in [5, 5.41) is 14.8. The van der Waals surface area contributed by atoms with Crippen molar-refractivity contribution in [2.45, 2.75) is 13.0 Å². The van der Waals surface area contributed by atoms with Crippen LogP contribution in [0.5, 0.6) is 0 Å². The van der Waals surface area contributed by atoms with Crippen molar-refractivity contribution in [3.05, 3.63) is 28.2 Å². The summed E-state index contributed by atoms with van der Waals surface area (Å²) < 4.78 is 0. The van der Waals surface area contributed by atoms with E-state index < -0.39 is 12.1 Å². The molecule has 0 heterocycles. The Morgan fingerprint density at radius 1 is 1.47 bits per heavy atom. The standard InChI is InChI=1S/C11H14Cl2N4O2/c1-6(10(14)16-19)17(2)11(18)15-7-3-4-8(12)9(13)5-7/h3-6,19H,1-2H3,(H2,14,16)(H,15,18). The van der Waals surface area contributed by atoms with Gasteiger partial charge in [0.2, 0.25) is 0 Å². The molecule has 2 amide bonds. The van der Waals surface area contributed by atoms with Crippen molar-refractivity contribution in [3.8, 4) is 0 Å². The summed E-state index contributed by atoms with van der Waals surface area (Å²) in [6.45, 7) is 1.63. The molecule has 0 bridgehead atoms. The first-order valence-electron chi connectivity index (χ1n) is 5.33. The number of benzene rings is 1. The Labute approximate surface area is 120 Å². The third-order valence-electron chi connectivity index (χ3n) is 2.62. The summed E-state index contributed by atoms with van der Waals surface area (Å²) in [6.07, 6.45) is 0. The number of nitrogens with zero attached hydrogens (tertiary/aromatic N) is 2. The van der Waals surface area contributed by atoms with Crippen LogP contribution in [0, 0.1) is 0 Å². The summed E-state index contributed by atoms with van der Waals surface area (Å²) in [7, 11) is 1.52. The van der Waals surface area contributed by atoms with E-state index in [4.69, 9.17) is 34.1 Å². The average molecular weight is 305 g/mol. The highest BCUT2D eigenvalue weighted by Gasteiger charge is 2.19. The maximum atomic E-state index is 11.9. The highest BCUT2D eigenvalue weighted by Crippen LogP contribution is 2.25. The van der Waals surface area contributed by atoms with Crippen LogP contribution in [-0.2, 0) is 0 Å². The number of nitrogens with one attached hydrogen (secondary N) is 1. The minimum Gasteiger partial charge on any atom is -0.409 e. The Morgan fingerprint density at radius 2 is 2.11 bits per heavy atom. The van der Waals surface area contributed by atoms with E-state index in [1.807, 2.05) is 0 Å². The van der Waals surface area contributed by atoms with Gasteiger partial charge in [0.25, 0.3) is 0 Å². The number of amides is 2. The number of likely N-dealkylation sites (N-methyl/N-ethyl adjacent to an activating group) is 1. The van der Waals surface area contributed by atoms with E-state index in [2.05, 4.69) is 10.5 Å². The highest BCUT2D eigenvalue weighted by molar-refractivity contribution is 6.42. The van der Waals surface area contributed by atoms with Crippen molar-refractivity contribution in [3.63, 3.8) is 0 Å². The van der Waals surface area contributed by atoms with E-state index in [1.54, 1.807) is 19.1 Å². The number of amidine groups is 1. The normalized spacial score (nSPS) is 12.9. The second-order valence-electron chi connectivity index (χ2n) is 3.87. The summed E-state index contributed by atoms with van der Waals surface area (Å²) in [5.41, 5.74) is 5.93. The van der Waals surface area contributed by atoms with Gasteiger partial charge in [0.1, 0.15) is 0 Å². The molecule has 104 valence electrons. The highest BCUT2D eigenvalue weighted by atomic mass is 35.5. The zero-order chi connectivity index (χ0) is 14.6. The largest absolute Gasteiger partial charge is 0.409 e. The number of hydrogen-bond donors (Lipinski definition) is 3. The Hall–Kier alpha value is -1.66. The van der Waals surface area contributed by atoms with Crippen molar-refractivity contribution in [2.24, 2.45) is 10.9 Å². The fourth-order valence-corrected chi connectivity index (χ4v) is 1.54. The molecule has 4 N–H and O–H groups in total. The van der Waals surface area contributed by atoms with Crippen LogP contribution < -0.4 is 11.1 Å². The SMILES string of the molecule is CC(C(N)=NO)N(C)C(=O)Nc1ccc(Cl)c(Cl)c1. The summed E-state index contributed by atoms with van der Waals surface area (Å²) in [6, 6.07) is 3.76. The minimum absolute atomic E-state index is 0.0632. The lowest BCUT2D eigenvalue weighted by atomic mass is 10.3. The number of hydrogen-bond acceptors (Lipinski definition) is 3. The van der Waals surface area contributed by atoms with Crippen LogP contribution in [-0.4, -0.2) is 35.1 Å². The van der Waals surface area contributed by atoms with E-state index in [-0.39, 0.29) is 5.84 Å². The van der Waals surface area contributed by atoms with Crippen molar-refractivity contribution < 1.29 is 10.0 Å². The van der Waals surface area contributed by atoms with Crippen molar-refractivity contribution in [2.75, 3.05) is 12.4 Å². The lowest BCUT2D eigenvalue weighted by Crippen LogP contribution is -2.45. The van der Waals surface area contributed by atoms with Gasteiger partial charge >= 0.3 is 6.03 Å². The van der Waals surface area contributed by atoms with Gasteiger partial charge in [0, 0.05) is 12.7 Å². The molecular formula is C11H14Cl2N4O2. The first-order chi connectivity index (χ1) is 8.86. The third kappa shape index (κ3) is 3.90. The predicted molar refractivity (Wildman–Crippen MR) is 76.1 cm³/mol. The number of halogens is 2. The molecule has 0 saturated heterocycles. The zero-order valence-corrected chi connectivity index (χ0v) is 11.9. The molecule has 0 fully saturated rings. The average Bonchev–Trinajstić information content (AvgIpc) is 2.40. The van der Waals surface area contributed by atoms with Crippen LogP contribution in [0.4, 0.5) is 10.5 Å². The van der Waals surface area contributed by atoms with E-state index >= 15 is 0 Å². The molecule has 0 aliphatic rings. The number of nitrogens with two attached hydrogens (primary N) is 1. The Balaban J connectivity index is 2.76. The fraction of sp³-hybridized carbons (Fsp3) is 0.273. The van der Waals surface area contributed by atoms with Gasteiger partial charge in [-0.1, -0.05) is 28.4 Å². The van der Waals surface area contributed by atoms with E-state index in [0.717, 1.165) is 0 Å². The molecule has 0 aliphatic carbocycles. The molecule has 6 nitrogen and oxygen atoms in total. The topological polar surface area (TPSA) is 91.0 Å². The molecule has 1 aromatic carbocycles. The molecule has 1 rings (SSSR count). The summed E-state index contributed by atoms with van der Waals surface area (Å²) in [5.74, 6) is -0.0632. The van der Waals surface area contributed by atoms with Gasteiger partial charge in [-0.25, -0.2) is 4.79 Å². The van der Waals surface area contributed by atoms with E-state index in [0.29, 0.717) is 15.7 Å². The quantitative estimate of drug-likeness (QED) is 0.347. The molecule has 0 spiro atoms. The molecule has 0 saturated carbocycles. The number of carbonyl (C=O) groups excluding carboxylic acids is 1. The molecule has 1 atom stereocenters. The molecule has 1 unspecified atom stereocenters. The molecule has 19 heavy (non-hydrogen) atoms. The molecule has 0 radical (unpaired) electrons. The number of oxime groups is 1. The van der Waals surface area contributed by atoms with E-state index in [9.17, 15) is 4.79 Å². The van der Waals surface area contributed by atoms with Gasteiger partial charge in [-0.15, -0.1) is 0 Å². The van der Waals surface area contributed by atoms with Gasteiger partial charge in [0.05, 0.1) is 16.1 Å². The lowest BCUT2D eigenvalue weighted by molar-refractivity contribution is 0.217. The number of carbonyl (C=O) groups is 1. The second kappa shape index (κ2) is 6.49. The Morgan fingerprint density at radius 3 is 2.63 bits per heavy atom. The molecule has 0 aliphatic heterocycles. The van der Waals surface area contributed by atoms with Crippen LogP contribution in [0.1, 0.15) is 6.92 Å². The molecule has 0 aromatic heterocycles. The fourth-order valence-electron chi connectivity index (χ4n) is 1.24. The van der Waals surface area contributed by atoms with Gasteiger partial charge in [-0.05, 0) is 25.1 Å². The molecular weight excluding hydrogens is 291 g/mol. The van der Waals surface area contributed by atoms with Gasteiger partial charge in [0.15, 0.2) is 5.84 Å². The van der Waals surface area contributed by atoms with E-state index in [1.165, 1.54) is 18.0 Å². The van der Waals surface area contributed by atoms with Gasteiger partial charge < -0.3 is 21.2 Å². The maximum Gasteiger partial charge on any atom is 0.322 e. The van der Waals surface area contributed by atoms with Crippen LogP contribution in [0.15, 0.2) is 23.4 Å². The Bertz CT molecular complexity index is 507. The Kier molecular flexibility index (Phi) is 5.26. The summed E-state index contributed by atoms with van der Waals surface area (Å²) >= 11 is 11.6. The summed E-state index contributed by atoms with van der Waals surface area (Å²) in [4.78, 5) is 13.2. The van der Waals surface area contributed by atoms with Crippen LogP contribution >= 0.6 is 23.2 Å². The number of rotatable bonds is 3. The van der Waals surface area contributed by atoms with Crippen LogP contribution in [0.25, 0.3) is 0 Å². The smallest absolute Gasteiger partial charge is 0.322 e. The molecule has 1 aromatic rings. The minimum atomic E-state index is -0.548. The number of urea groups is 1. The second-order valence-corrected chi connectivity index (χ2v) is 4.69. The zero-order valence-electron chi connectivity index (χ0n) is 10.4. The first kappa shape index (κ1) is 15.4. The van der Waals surface area contributed by atoms with Crippen molar-refractivity contribution in [1.29, 1.82) is 0 Å². The van der Waals surface area contributed by atoms with Gasteiger partial charge in [-0.3, -0.25) is 0 Å². The maximum absolute atomic E-state index is 11.9. The third-order valence-corrected chi connectivity index (χ3v) is 3.35. The van der Waals surface area contributed by atoms with Gasteiger partial charge in [-0.2, -0.15) is 0 Å². The molecule has 8 heteroatoms. The monoisotopic (exact) mass is 304 g/mol.